The van der Waals surface area contributed by atoms with Gasteiger partial charge in [0.2, 0.25) is 5.75 Å². The molecule has 0 spiro atoms. The zero-order valence-corrected chi connectivity index (χ0v) is 23.3. The maximum absolute atomic E-state index is 13.1. The van der Waals surface area contributed by atoms with E-state index in [0.29, 0.717) is 31.4 Å². The van der Waals surface area contributed by atoms with Gasteiger partial charge in [0.25, 0.3) is 0 Å². The number of nitriles is 1. The molecule has 38 heavy (non-hydrogen) atoms. The Morgan fingerprint density at radius 1 is 0.842 bits per heavy atom. The van der Waals surface area contributed by atoms with E-state index in [9.17, 15) is 19.6 Å². The minimum absolute atomic E-state index is 0.0191. The first kappa shape index (κ1) is 30.7. The normalized spacial score (nSPS) is 11.6. The van der Waals surface area contributed by atoms with Crippen LogP contribution in [0.3, 0.4) is 0 Å². The van der Waals surface area contributed by atoms with Crippen LogP contribution in [0.2, 0.25) is 0 Å². The number of benzene rings is 2. The van der Waals surface area contributed by atoms with Crippen molar-refractivity contribution < 1.29 is 38.1 Å². The molecule has 0 heterocycles. The molecule has 0 aliphatic rings. The third-order valence-corrected chi connectivity index (χ3v) is 6.06. The lowest BCUT2D eigenvalue weighted by Crippen LogP contribution is -2.24. The second-order valence-electron chi connectivity index (χ2n) is 10.8. The van der Waals surface area contributed by atoms with Crippen molar-refractivity contribution in [1.82, 2.24) is 0 Å². The highest BCUT2D eigenvalue weighted by molar-refractivity contribution is 5.99. The van der Waals surface area contributed by atoms with Crippen molar-refractivity contribution in [3.8, 4) is 23.3 Å². The number of rotatable bonds is 13. The molecule has 0 saturated carbocycles. The van der Waals surface area contributed by atoms with E-state index in [2.05, 4.69) is 6.07 Å². The summed E-state index contributed by atoms with van der Waals surface area (Å²) in [6, 6.07) is 8.47. The first-order valence-corrected chi connectivity index (χ1v) is 12.4. The zero-order valence-electron chi connectivity index (χ0n) is 23.3. The molecule has 206 valence electrons. The van der Waals surface area contributed by atoms with Gasteiger partial charge in [-0.2, -0.15) is 5.26 Å². The minimum Gasteiger partial charge on any atom is -0.422 e. The number of ether oxygens (including phenoxy) is 5. The van der Waals surface area contributed by atoms with Crippen LogP contribution in [0, 0.1) is 22.2 Å². The van der Waals surface area contributed by atoms with Gasteiger partial charge in [-0.05, 0) is 41.2 Å². The molecule has 0 amide bonds. The molecule has 0 bridgehead atoms. The predicted octanol–water partition coefficient (Wildman–Crippen LogP) is 5.35. The number of esters is 3. The molecular weight excluding hydrogens is 490 g/mol. The summed E-state index contributed by atoms with van der Waals surface area (Å²) in [6.45, 7) is 9.76. The van der Waals surface area contributed by atoms with Gasteiger partial charge < -0.3 is 23.7 Å². The smallest absolute Gasteiger partial charge is 0.311 e. The summed E-state index contributed by atoms with van der Waals surface area (Å²) >= 11 is 0. The molecule has 0 saturated heterocycles. The van der Waals surface area contributed by atoms with E-state index in [1.54, 1.807) is 32.4 Å². The van der Waals surface area contributed by atoms with Gasteiger partial charge in [0.1, 0.15) is 0 Å². The van der Waals surface area contributed by atoms with E-state index >= 15 is 0 Å². The van der Waals surface area contributed by atoms with Crippen LogP contribution >= 0.6 is 0 Å². The van der Waals surface area contributed by atoms with E-state index in [1.807, 2.05) is 27.7 Å². The summed E-state index contributed by atoms with van der Waals surface area (Å²) in [6.07, 6.45) is 1.31. The summed E-state index contributed by atoms with van der Waals surface area (Å²) in [5.74, 6) is -2.34. The lowest BCUT2D eigenvalue weighted by molar-refractivity contribution is -0.140. The first-order chi connectivity index (χ1) is 17.8. The van der Waals surface area contributed by atoms with Gasteiger partial charge >= 0.3 is 17.9 Å². The average Bonchev–Trinajstić information content (AvgIpc) is 2.82. The maximum Gasteiger partial charge on any atom is 0.311 e. The van der Waals surface area contributed by atoms with Crippen LogP contribution in [-0.2, 0) is 23.9 Å². The Morgan fingerprint density at radius 2 is 1.39 bits per heavy atom. The zero-order chi connectivity index (χ0) is 28.5. The molecule has 0 unspecified atom stereocenters. The number of hydrogen-bond acceptors (Lipinski definition) is 9. The number of carbonyl (C=O) groups is 3. The number of carbonyl (C=O) groups excluding carboxylic acids is 3. The summed E-state index contributed by atoms with van der Waals surface area (Å²) in [5, 5.41) is 10.5. The van der Waals surface area contributed by atoms with Gasteiger partial charge in [-0.15, -0.1) is 0 Å². The third-order valence-electron chi connectivity index (χ3n) is 6.06. The Balaban J connectivity index is 2.59. The Labute approximate surface area is 223 Å². The first-order valence-electron chi connectivity index (χ1n) is 12.4. The van der Waals surface area contributed by atoms with E-state index in [-0.39, 0.29) is 41.0 Å². The Kier molecular flexibility index (Phi) is 10.8. The molecule has 9 heteroatoms. The Bertz CT molecular complexity index is 1210. The van der Waals surface area contributed by atoms with Crippen molar-refractivity contribution >= 4 is 28.7 Å². The van der Waals surface area contributed by atoms with Gasteiger partial charge in [0, 0.05) is 39.7 Å². The fraction of sp³-hybridized carbons (Fsp3) is 0.517. The average molecular weight is 528 g/mol. The van der Waals surface area contributed by atoms with Gasteiger partial charge in [0.15, 0.2) is 11.5 Å². The largest absolute Gasteiger partial charge is 0.422 e. The van der Waals surface area contributed by atoms with Gasteiger partial charge in [0.05, 0.1) is 24.5 Å². The molecule has 0 aliphatic carbocycles. The molecular formula is C29H37NO8. The number of hydrogen-bond donors (Lipinski definition) is 0. The van der Waals surface area contributed by atoms with Crippen molar-refractivity contribution in [2.75, 3.05) is 27.4 Å². The molecule has 2 rings (SSSR count). The summed E-state index contributed by atoms with van der Waals surface area (Å²) in [5.41, 5.74) is -0.667. The Hall–Kier alpha value is -3.48. The monoisotopic (exact) mass is 527 g/mol. The molecule has 0 radical (unpaired) electrons. The molecule has 0 aromatic heterocycles. The van der Waals surface area contributed by atoms with Gasteiger partial charge in [-0.25, -0.2) is 0 Å². The minimum atomic E-state index is -0.694. The van der Waals surface area contributed by atoms with Crippen molar-refractivity contribution in [2.45, 2.75) is 60.3 Å². The van der Waals surface area contributed by atoms with Crippen molar-refractivity contribution in [3.05, 3.63) is 29.8 Å². The fourth-order valence-electron chi connectivity index (χ4n) is 3.91. The summed E-state index contributed by atoms with van der Waals surface area (Å²) in [4.78, 5) is 38.2. The lowest BCUT2D eigenvalue weighted by Gasteiger charge is -2.25. The quantitative estimate of drug-likeness (QED) is 0.250. The molecule has 0 atom stereocenters. The number of fused-ring (bicyclic) bond motifs is 1. The van der Waals surface area contributed by atoms with Crippen LogP contribution in [0.15, 0.2) is 24.3 Å². The van der Waals surface area contributed by atoms with E-state index in [1.165, 1.54) is 13.0 Å². The highest BCUT2D eigenvalue weighted by Crippen LogP contribution is 2.46. The maximum atomic E-state index is 13.1. The fourth-order valence-corrected chi connectivity index (χ4v) is 3.91. The number of methoxy groups -OCH3 is 2. The van der Waals surface area contributed by atoms with Crippen LogP contribution in [0.25, 0.3) is 10.8 Å². The predicted molar refractivity (Wildman–Crippen MR) is 141 cm³/mol. The molecule has 2 aromatic carbocycles. The van der Waals surface area contributed by atoms with Crippen LogP contribution in [-0.4, -0.2) is 45.3 Å². The van der Waals surface area contributed by atoms with Crippen LogP contribution < -0.4 is 14.2 Å². The molecule has 0 fully saturated rings. The summed E-state index contributed by atoms with van der Waals surface area (Å²) in [7, 11) is 3.17. The third kappa shape index (κ3) is 8.82. The molecule has 9 nitrogen and oxygen atoms in total. The second kappa shape index (κ2) is 13.4. The number of nitrogens with zero attached hydrogens (tertiary/aromatic N) is 1. The van der Waals surface area contributed by atoms with E-state index in [4.69, 9.17) is 23.7 Å². The van der Waals surface area contributed by atoms with Gasteiger partial charge in [-0.1, -0.05) is 39.8 Å². The van der Waals surface area contributed by atoms with E-state index in [0.717, 1.165) is 0 Å². The van der Waals surface area contributed by atoms with Crippen molar-refractivity contribution in [1.29, 1.82) is 5.26 Å². The molecule has 0 N–H and O–H groups in total. The van der Waals surface area contributed by atoms with Crippen LogP contribution in [0.4, 0.5) is 0 Å². The molecule has 0 aliphatic heterocycles. The van der Waals surface area contributed by atoms with Crippen molar-refractivity contribution in [3.63, 3.8) is 0 Å². The van der Waals surface area contributed by atoms with E-state index < -0.39 is 28.7 Å². The van der Waals surface area contributed by atoms with Gasteiger partial charge in [-0.3, -0.25) is 14.4 Å². The van der Waals surface area contributed by atoms with Crippen LogP contribution in [0.1, 0.15) is 65.9 Å². The Morgan fingerprint density at radius 3 is 1.89 bits per heavy atom. The topological polar surface area (TPSA) is 121 Å². The second-order valence-corrected chi connectivity index (χ2v) is 10.8. The lowest BCUT2D eigenvalue weighted by atomic mass is 9.86. The molecule has 2 aromatic rings. The highest BCUT2D eigenvalue weighted by atomic mass is 16.6. The summed E-state index contributed by atoms with van der Waals surface area (Å²) < 4.78 is 27.2. The SMILES string of the molecule is COCCC(C)(C)CC(=O)Oc1cc2cccc(C#N)c2c(OC(C)=O)c1OC(=O)CC(C)(C)CCOC. The van der Waals surface area contributed by atoms with Crippen molar-refractivity contribution in [2.24, 2.45) is 10.8 Å². The standard InChI is InChI=1S/C29H37NO8/c1-19(31)36-27-25-20(9-8-10-21(25)18-30)15-22(37-23(32)16-28(2,3)11-13-34-6)26(27)38-24(33)17-29(4,5)12-14-35-7/h8-10,15H,11-14,16-17H2,1-7H3. The van der Waals surface area contributed by atoms with Crippen LogP contribution in [0.5, 0.6) is 17.2 Å². The highest BCUT2D eigenvalue weighted by Gasteiger charge is 2.30.